The highest BCUT2D eigenvalue weighted by atomic mass is 16.4. The van der Waals surface area contributed by atoms with Gasteiger partial charge in [-0.1, -0.05) is 26.7 Å². The van der Waals surface area contributed by atoms with Crippen molar-refractivity contribution in [1.82, 2.24) is 10.6 Å². The molecule has 1 aliphatic carbocycles. The number of aliphatic carboxylic acids is 1. The van der Waals surface area contributed by atoms with Gasteiger partial charge in [-0.15, -0.1) is 0 Å². The van der Waals surface area contributed by atoms with Crippen LogP contribution in [-0.2, 0) is 9.59 Å². The minimum atomic E-state index is -0.797. The maximum atomic E-state index is 11.8. The number of hydrogen-bond acceptors (Lipinski definition) is 3. The molecule has 5 nitrogen and oxygen atoms in total. The predicted octanol–water partition coefficient (Wildman–Crippen LogP) is 1.77. The molecule has 0 radical (unpaired) electrons. The highest BCUT2D eigenvalue weighted by Crippen LogP contribution is 2.17. The molecule has 0 aliphatic heterocycles. The van der Waals surface area contributed by atoms with Gasteiger partial charge in [0, 0.05) is 19.0 Å². The Balaban J connectivity index is 2.22. The summed E-state index contributed by atoms with van der Waals surface area (Å²) in [6.07, 6.45) is 5.74. The van der Waals surface area contributed by atoms with Gasteiger partial charge in [0.1, 0.15) is 0 Å². The van der Waals surface area contributed by atoms with Gasteiger partial charge >= 0.3 is 5.97 Å². The summed E-state index contributed by atoms with van der Waals surface area (Å²) in [4.78, 5) is 22.6. The lowest BCUT2D eigenvalue weighted by Crippen LogP contribution is -2.40. The van der Waals surface area contributed by atoms with Crippen molar-refractivity contribution in [2.45, 2.75) is 58.4 Å². The fourth-order valence-electron chi connectivity index (χ4n) is 2.84. The van der Waals surface area contributed by atoms with E-state index in [4.69, 9.17) is 5.11 Å². The Labute approximate surface area is 121 Å². The molecule has 1 fully saturated rings. The van der Waals surface area contributed by atoms with Gasteiger partial charge in [-0.3, -0.25) is 9.59 Å². The van der Waals surface area contributed by atoms with E-state index in [2.05, 4.69) is 24.5 Å². The van der Waals surface area contributed by atoms with E-state index in [0.717, 1.165) is 19.3 Å². The van der Waals surface area contributed by atoms with Crippen LogP contribution in [0.25, 0.3) is 0 Å². The first kappa shape index (κ1) is 17.0. The second-order valence-electron chi connectivity index (χ2n) is 6.26. The van der Waals surface area contributed by atoms with Crippen LogP contribution in [0.2, 0.25) is 0 Å². The van der Waals surface area contributed by atoms with Gasteiger partial charge in [-0.2, -0.15) is 0 Å². The van der Waals surface area contributed by atoms with Crippen LogP contribution in [0.15, 0.2) is 0 Å². The zero-order valence-corrected chi connectivity index (χ0v) is 12.7. The zero-order chi connectivity index (χ0) is 15.0. The van der Waals surface area contributed by atoms with Crippen LogP contribution in [0.5, 0.6) is 0 Å². The molecule has 0 saturated heterocycles. The van der Waals surface area contributed by atoms with Crippen molar-refractivity contribution in [3.05, 3.63) is 0 Å². The van der Waals surface area contributed by atoms with Crippen molar-refractivity contribution in [2.24, 2.45) is 11.8 Å². The molecule has 1 atom stereocenters. The van der Waals surface area contributed by atoms with Crippen LogP contribution in [0.1, 0.15) is 52.4 Å². The van der Waals surface area contributed by atoms with E-state index in [1.165, 1.54) is 12.8 Å². The summed E-state index contributed by atoms with van der Waals surface area (Å²) >= 11 is 0. The number of hydrogen-bond donors (Lipinski definition) is 3. The molecule has 0 aromatic heterocycles. The third kappa shape index (κ3) is 7.48. The Morgan fingerprint density at radius 1 is 1.25 bits per heavy atom. The molecule has 1 rings (SSSR count). The van der Waals surface area contributed by atoms with Crippen LogP contribution >= 0.6 is 0 Å². The van der Waals surface area contributed by atoms with Crippen molar-refractivity contribution in [1.29, 1.82) is 0 Å². The van der Waals surface area contributed by atoms with E-state index in [-0.39, 0.29) is 18.2 Å². The van der Waals surface area contributed by atoms with Gasteiger partial charge in [0.25, 0.3) is 0 Å². The molecule has 0 heterocycles. The normalized spacial score (nSPS) is 17.4. The fourth-order valence-corrected chi connectivity index (χ4v) is 2.84. The Morgan fingerprint density at radius 3 is 2.45 bits per heavy atom. The molecule has 0 unspecified atom stereocenters. The van der Waals surface area contributed by atoms with Crippen LogP contribution < -0.4 is 10.6 Å². The largest absolute Gasteiger partial charge is 0.481 e. The van der Waals surface area contributed by atoms with Gasteiger partial charge < -0.3 is 15.7 Å². The van der Waals surface area contributed by atoms with E-state index in [1.807, 2.05) is 0 Å². The first-order valence-corrected chi connectivity index (χ1v) is 7.69. The Kier molecular flexibility index (Phi) is 7.59. The summed E-state index contributed by atoms with van der Waals surface area (Å²) in [6.45, 7) is 4.93. The molecule has 1 saturated carbocycles. The molecule has 5 heteroatoms. The highest BCUT2D eigenvalue weighted by molar-refractivity contribution is 5.78. The number of carboxylic acids is 1. The van der Waals surface area contributed by atoms with Gasteiger partial charge in [0.15, 0.2) is 0 Å². The summed E-state index contributed by atoms with van der Waals surface area (Å²) in [5.74, 6) is -0.374. The SMILES string of the molecule is CC(C)C[C@H](CNC(=O)CNC1CCCC1)CC(=O)O. The molecule has 116 valence electrons. The van der Waals surface area contributed by atoms with Crippen LogP contribution in [-0.4, -0.2) is 36.1 Å². The topological polar surface area (TPSA) is 78.4 Å². The molecule has 1 aliphatic rings. The molecule has 0 aromatic carbocycles. The number of rotatable bonds is 9. The smallest absolute Gasteiger partial charge is 0.303 e. The van der Waals surface area contributed by atoms with Crippen molar-refractivity contribution in [3.63, 3.8) is 0 Å². The standard InChI is InChI=1S/C15H28N2O3/c1-11(2)7-12(8-15(19)20)9-17-14(18)10-16-13-5-3-4-6-13/h11-13,16H,3-10H2,1-2H3,(H,17,18)(H,19,20)/t12-/m0/s1. The van der Waals surface area contributed by atoms with E-state index in [9.17, 15) is 9.59 Å². The second kappa shape index (κ2) is 8.95. The number of carbonyl (C=O) groups is 2. The lowest BCUT2D eigenvalue weighted by Gasteiger charge is -2.18. The van der Waals surface area contributed by atoms with Gasteiger partial charge in [0.2, 0.25) is 5.91 Å². The van der Waals surface area contributed by atoms with Gasteiger partial charge in [-0.25, -0.2) is 0 Å². The molecule has 20 heavy (non-hydrogen) atoms. The molecule has 1 amide bonds. The van der Waals surface area contributed by atoms with Gasteiger partial charge in [0.05, 0.1) is 6.54 Å². The average Bonchev–Trinajstić information content (AvgIpc) is 2.85. The number of nitrogens with one attached hydrogen (secondary N) is 2. The Hall–Kier alpha value is -1.10. The van der Waals surface area contributed by atoms with E-state index < -0.39 is 5.97 Å². The minimum Gasteiger partial charge on any atom is -0.481 e. The quantitative estimate of drug-likeness (QED) is 0.603. The fraction of sp³-hybridized carbons (Fsp3) is 0.867. The molecular weight excluding hydrogens is 256 g/mol. The first-order chi connectivity index (χ1) is 9.47. The third-order valence-corrected chi connectivity index (χ3v) is 3.76. The van der Waals surface area contributed by atoms with E-state index in [0.29, 0.717) is 25.0 Å². The summed E-state index contributed by atoms with van der Waals surface area (Å²) in [7, 11) is 0. The molecular formula is C15H28N2O3. The second-order valence-corrected chi connectivity index (χ2v) is 6.26. The zero-order valence-electron chi connectivity index (χ0n) is 12.7. The lowest BCUT2D eigenvalue weighted by atomic mass is 9.94. The third-order valence-electron chi connectivity index (χ3n) is 3.76. The summed E-state index contributed by atoms with van der Waals surface area (Å²) in [5, 5.41) is 15.0. The number of carboxylic acid groups (broad SMARTS) is 1. The van der Waals surface area contributed by atoms with Crippen molar-refractivity contribution in [3.8, 4) is 0 Å². The van der Waals surface area contributed by atoms with Gasteiger partial charge in [-0.05, 0) is 31.1 Å². The summed E-state index contributed by atoms with van der Waals surface area (Å²) in [5.41, 5.74) is 0. The van der Waals surface area contributed by atoms with E-state index >= 15 is 0 Å². The monoisotopic (exact) mass is 284 g/mol. The maximum absolute atomic E-state index is 11.8. The summed E-state index contributed by atoms with van der Waals surface area (Å²) < 4.78 is 0. The molecule has 0 spiro atoms. The van der Waals surface area contributed by atoms with Crippen molar-refractivity contribution < 1.29 is 14.7 Å². The van der Waals surface area contributed by atoms with Crippen molar-refractivity contribution in [2.75, 3.05) is 13.1 Å². The molecule has 3 N–H and O–H groups in total. The first-order valence-electron chi connectivity index (χ1n) is 7.69. The maximum Gasteiger partial charge on any atom is 0.303 e. The number of carbonyl (C=O) groups excluding carboxylic acids is 1. The van der Waals surface area contributed by atoms with Crippen LogP contribution in [0.3, 0.4) is 0 Å². The lowest BCUT2D eigenvalue weighted by molar-refractivity contribution is -0.138. The highest BCUT2D eigenvalue weighted by Gasteiger charge is 2.18. The van der Waals surface area contributed by atoms with Crippen molar-refractivity contribution >= 4 is 11.9 Å². The predicted molar refractivity (Wildman–Crippen MR) is 78.5 cm³/mol. The number of amides is 1. The van der Waals surface area contributed by atoms with E-state index in [1.54, 1.807) is 0 Å². The van der Waals surface area contributed by atoms with Crippen LogP contribution in [0.4, 0.5) is 0 Å². The average molecular weight is 284 g/mol. The van der Waals surface area contributed by atoms with Crippen LogP contribution in [0, 0.1) is 11.8 Å². The molecule has 0 bridgehead atoms. The summed E-state index contributed by atoms with van der Waals surface area (Å²) in [6, 6.07) is 0.478. The Morgan fingerprint density at radius 2 is 1.90 bits per heavy atom. The minimum absolute atomic E-state index is 0.0166. The molecule has 0 aromatic rings. The Bertz CT molecular complexity index is 312.